The maximum Gasteiger partial charge on any atom is 0.142 e. The van der Waals surface area contributed by atoms with Gasteiger partial charge in [-0.05, 0) is 38.7 Å². The fraction of sp³-hybridized carbons (Fsp3) is 0.615. The molecule has 0 aliphatic carbocycles. The highest BCUT2D eigenvalue weighted by Crippen LogP contribution is 2.16. The van der Waals surface area contributed by atoms with Crippen molar-refractivity contribution in [3.05, 3.63) is 23.8 Å². The van der Waals surface area contributed by atoms with Gasteiger partial charge in [0.25, 0.3) is 0 Å². The highest BCUT2D eigenvalue weighted by atomic mass is 16.1. The first-order chi connectivity index (χ1) is 6.70. The number of aldehydes is 1. The van der Waals surface area contributed by atoms with Crippen molar-refractivity contribution in [2.24, 2.45) is 5.92 Å². The molecule has 80 valence electrons. The number of rotatable bonds is 7. The Morgan fingerprint density at radius 3 is 2.57 bits per heavy atom. The monoisotopic (exact) mass is 194 g/mol. The molecule has 1 unspecified atom stereocenters. The average Bonchev–Trinajstić information content (AvgIpc) is 2.13. The number of hydrogen-bond donors (Lipinski definition) is 0. The van der Waals surface area contributed by atoms with Crippen LogP contribution in [0.1, 0.15) is 46.5 Å². The van der Waals surface area contributed by atoms with Crippen molar-refractivity contribution < 1.29 is 4.79 Å². The van der Waals surface area contributed by atoms with Crippen LogP contribution >= 0.6 is 0 Å². The summed E-state index contributed by atoms with van der Waals surface area (Å²) in [7, 11) is 0. The summed E-state index contributed by atoms with van der Waals surface area (Å²) in [4.78, 5) is 10.1. The standard InChI is InChI=1S/C13H22O/c1-4-5-8-13(11-12(2)3)9-6-7-10-14/h6-7,10-11,13H,4-5,8-9H2,1-3H3/b7-6+. The van der Waals surface area contributed by atoms with Crippen LogP contribution in [0.4, 0.5) is 0 Å². The molecule has 0 aromatic carbocycles. The first-order valence-electron chi connectivity index (χ1n) is 5.46. The van der Waals surface area contributed by atoms with E-state index in [-0.39, 0.29) is 0 Å². The van der Waals surface area contributed by atoms with Gasteiger partial charge in [0.1, 0.15) is 6.29 Å². The van der Waals surface area contributed by atoms with Crippen molar-refractivity contribution in [3.8, 4) is 0 Å². The third kappa shape index (κ3) is 7.78. The third-order valence-electron chi connectivity index (χ3n) is 2.15. The molecule has 0 rings (SSSR count). The molecule has 1 atom stereocenters. The van der Waals surface area contributed by atoms with E-state index in [4.69, 9.17) is 0 Å². The van der Waals surface area contributed by atoms with Crippen molar-refractivity contribution in [2.75, 3.05) is 0 Å². The van der Waals surface area contributed by atoms with Gasteiger partial charge < -0.3 is 0 Å². The minimum absolute atomic E-state index is 0.608. The van der Waals surface area contributed by atoms with Crippen LogP contribution in [0.15, 0.2) is 23.8 Å². The Labute approximate surface area is 87.9 Å². The van der Waals surface area contributed by atoms with Gasteiger partial charge in [-0.2, -0.15) is 0 Å². The molecule has 0 heterocycles. The SMILES string of the molecule is CCCCC(C=C(C)C)C/C=C/C=O. The molecule has 1 heteroatoms. The Morgan fingerprint density at radius 1 is 1.36 bits per heavy atom. The molecule has 0 aromatic rings. The molecule has 0 radical (unpaired) electrons. The lowest BCUT2D eigenvalue weighted by atomic mass is 9.96. The van der Waals surface area contributed by atoms with Crippen molar-refractivity contribution in [3.63, 3.8) is 0 Å². The Kier molecular flexibility index (Phi) is 8.20. The first kappa shape index (κ1) is 13.2. The third-order valence-corrected chi connectivity index (χ3v) is 2.15. The molecular formula is C13H22O. The number of unbranched alkanes of at least 4 members (excludes halogenated alkanes) is 1. The maximum atomic E-state index is 10.1. The second-order valence-corrected chi connectivity index (χ2v) is 3.95. The van der Waals surface area contributed by atoms with Gasteiger partial charge in [-0.15, -0.1) is 0 Å². The average molecular weight is 194 g/mol. The summed E-state index contributed by atoms with van der Waals surface area (Å²) in [6, 6.07) is 0. The molecule has 14 heavy (non-hydrogen) atoms. The normalized spacial score (nSPS) is 12.8. The molecule has 0 aliphatic heterocycles. The predicted molar refractivity (Wildman–Crippen MR) is 62.3 cm³/mol. The summed E-state index contributed by atoms with van der Waals surface area (Å²) >= 11 is 0. The van der Waals surface area contributed by atoms with Crippen LogP contribution in [-0.4, -0.2) is 6.29 Å². The van der Waals surface area contributed by atoms with Gasteiger partial charge in [-0.1, -0.05) is 37.5 Å². The Morgan fingerprint density at radius 2 is 2.07 bits per heavy atom. The van der Waals surface area contributed by atoms with E-state index in [9.17, 15) is 4.79 Å². The molecule has 0 aliphatic rings. The fourth-order valence-electron chi connectivity index (χ4n) is 1.52. The fourth-order valence-corrected chi connectivity index (χ4v) is 1.52. The van der Waals surface area contributed by atoms with E-state index in [0.29, 0.717) is 5.92 Å². The molecule has 0 spiro atoms. The quantitative estimate of drug-likeness (QED) is 0.341. The van der Waals surface area contributed by atoms with Crippen molar-refractivity contribution >= 4 is 6.29 Å². The van der Waals surface area contributed by atoms with Crippen molar-refractivity contribution in [1.82, 2.24) is 0 Å². The van der Waals surface area contributed by atoms with Crippen molar-refractivity contribution in [1.29, 1.82) is 0 Å². The number of carbonyl (C=O) groups is 1. The van der Waals surface area contributed by atoms with E-state index in [1.54, 1.807) is 6.08 Å². The van der Waals surface area contributed by atoms with E-state index >= 15 is 0 Å². The van der Waals surface area contributed by atoms with Gasteiger partial charge >= 0.3 is 0 Å². The summed E-state index contributed by atoms with van der Waals surface area (Å²) in [5.41, 5.74) is 1.37. The lowest BCUT2D eigenvalue weighted by molar-refractivity contribution is -0.104. The number of hydrogen-bond acceptors (Lipinski definition) is 1. The highest BCUT2D eigenvalue weighted by molar-refractivity contribution is 5.64. The largest absolute Gasteiger partial charge is 0.299 e. The molecular weight excluding hydrogens is 172 g/mol. The lowest BCUT2D eigenvalue weighted by Crippen LogP contribution is -1.95. The Hall–Kier alpha value is -0.850. The van der Waals surface area contributed by atoms with Gasteiger partial charge in [0, 0.05) is 0 Å². The zero-order valence-corrected chi connectivity index (χ0v) is 9.62. The maximum absolute atomic E-state index is 10.1. The Bertz CT molecular complexity index is 197. The summed E-state index contributed by atoms with van der Waals surface area (Å²) < 4.78 is 0. The second-order valence-electron chi connectivity index (χ2n) is 3.95. The van der Waals surface area contributed by atoms with E-state index < -0.39 is 0 Å². The molecule has 0 amide bonds. The zero-order chi connectivity index (χ0) is 10.8. The lowest BCUT2D eigenvalue weighted by Gasteiger charge is -2.10. The van der Waals surface area contributed by atoms with Crippen molar-refractivity contribution in [2.45, 2.75) is 46.5 Å². The van der Waals surface area contributed by atoms with Crippen LogP contribution in [-0.2, 0) is 4.79 Å². The van der Waals surface area contributed by atoms with Gasteiger partial charge in [-0.3, -0.25) is 4.79 Å². The molecule has 1 nitrogen and oxygen atoms in total. The predicted octanol–water partition coefficient (Wildman–Crippen LogP) is 3.90. The van der Waals surface area contributed by atoms with Crippen LogP contribution in [0.5, 0.6) is 0 Å². The zero-order valence-electron chi connectivity index (χ0n) is 9.62. The van der Waals surface area contributed by atoms with Gasteiger partial charge in [0.15, 0.2) is 0 Å². The van der Waals surface area contributed by atoms with Crippen LogP contribution in [0.25, 0.3) is 0 Å². The van der Waals surface area contributed by atoms with E-state index in [2.05, 4.69) is 26.8 Å². The van der Waals surface area contributed by atoms with E-state index in [1.807, 2.05) is 6.08 Å². The molecule has 0 aromatic heterocycles. The molecule has 0 N–H and O–H groups in total. The van der Waals surface area contributed by atoms with Gasteiger partial charge in [0.2, 0.25) is 0 Å². The van der Waals surface area contributed by atoms with Gasteiger partial charge in [-0.25, -0.2) is 0 Å². The summed E-state index contributed by atoms with van der Waals surface area (Å²) in [6.45, 7) is 6.46. The molecule has 0 fully saturated rings. The molecule has 0 bridgehead atoms. The minimum atomic E-state index is 0.608. The van der Waals surface area contributed by atoms with Gasteiger partial charge in [0.05, 0.1) is 0 Å². The molecule has 0 saturated carbocycles. The number of carbonyl (C=O) groups excluding carboxylic acids is 1. The summed E-state index contributed by atoms with van der Waals surface area (Å²) in [5, 5.41) is 0. The van der Waals surface area contributed by atoms with Crippen LogP contribution in [0.2, 0.25) is 0 Å². The summed E-state index contributed by atoms with van der Waals surface area (Å²) in [5.74, 6) is 0.608. The highest BCUT2D eigenvalue weighted by Gasteiger charge is 2.02. The Balaban J connectivity index is 4.03. The topological polar surface area (TPSA) is 17.1 Å². The van der Waals surface area contributed by atoms with Crippen LogP contribution in [0.3, 0.4) is 0 Å². The van der Waals surface area contributed by atoms with E-state index in [1.165, 1.54) is 24.8 Å². The first-order valence-corrected chi connectivity index (χ1v) is 5.46. The van der Waals surface area contributed by atoms with Crippen LogP contribution < -0.4 is 0 Å². The summed E-state index contributed by atoms with van der Waals surface area (Å²) in [6.07, 6.45) is 11.4. The smallest absolute Gasteiger partial charge is 0.142 e. The van der Waals surface area contributed by atoms with Crippen LogP contribution in [0, 0.1) is 5.92 Å². The van der Waals surface area contributed by atoms with E-state index in [0.717, 1.165) is 12.7 Å². The molecule has 0 saturated heterocycles. The number of allylic oxidation sites excluding steroid dienone is 4. The minimum Gasteiger partial charge on any atom is -0.299 e. The second kappa shape index (κ2) is 8.74.